The number of nitrogens with zero attached hydrogens (tertiary/aromatic N) is 2. The van der Waals surface area contributed by atoms with Gasteiger partial charge in [-0.2, -0.15) is 0 Å². The minimum atomic E-state index is -1.06. The summed E-state index contributed by atoms with van der Waals surface area (Å²) in [6.45, 7) is 7.03. The van der Waals surface area contributed by atoms with Crippen molar-refractivity contribution in [1.82, 2.24) is 9.80 Å². The van der Waals surface area contributed by atoms with Gasteiger partial charge in [-0.05, 0) is 63.6 Å². The fraction of sp³-hybridized carbons (Fsp3) is 0.533. The zero-order chi connectivity index (χ0) is 28.1. The Morgan fingerprint density at radius 2 is 1.67 bits per heavy atom. The fourth-order valence-corrected chi connectivity index (χ4v) is 5.33. The van der Waals surface area contributed by atoms with Gasteiger partial charge in [0, 0.05) is 37.2 Å². The maximum absolute atomic E-state index is 16.0. The van der Waals surface area contributed by atoms with E-state index < -0.39 is 18.0 Å². The summed E-state index contributed by atoms with van der Waals surface area (Å²) < 4.78 is 41.4. The summed E-state index contributed by atoms with van der Waals surface area (Å²) in [7, 11) is 0. The number of ether oxygens (including phenoxy) is 2. The largest absolute Gasteiger partial charge is 0.490 e. The van der Waals surface area contributed by atoms with E-state index in [1.165, 1.54) is 4.90 Å². The molecule has 0 radical (unpaired) electrons. The lowest BCUT2D eigenvalue weighted by molar-refractivity contribution is -0.131. The van der Waals surface area contributed by atoms with Crippen LogP contribution in [0.4, 0.5) is 13.6 Å². The quantitative estimate of drug-likeness (QED) is 0.509. The zero-order valence-electron chi connectivity index (χ0n) is 22.9. The maximum Gasteiger partial charge on any atom is 0.410 e. The second-order valence-electron chi connectivity index (χ2n) is 10.8. The van der Waals surface area contributed by atoms with Gasteiger partial charge in [0.05, 0.1) is 24.8 Å². The van der Waals surface area contributed by atoms with Crippen LogP contribution in [0.15, 0.2) is 42.5 Å². The van der Waals surface area contributed by atoms with Crippen molar-refractivity contribution in [2.75, 3.05) is 26.2 Å². The summed E-state index contributed by atoms with van der Waals surface area (Å²) in [6, 6.07) is 11.6. The number of nitrogens with two attached hydrogens (primary N) is 1. The number of carbonyl (C=O) groups excluding carboxylic acids is 2. The molecule has 4 rings (SSSR count). The lowest BCUT2D eigenvalue weighted by Crippen LogP contribution is -2.44. The predicted octanol–water partition coefficient (Wildman–Crippen LogP) is 4.96. The van der Waals surface area contributed by atoms with Crippen molar-refractivity contribution in [3.8, 4) is 16.9 Å². The first-order valence-electron chi connectivity index (χ1n) is 13.8. The smallest absolute Gasteiger partial charge is 0.410 e. The van der Waals surface area contributed by atoms with Gasteiger partial charge in [0.15, 0.2) is 0 Å². The highest BCUT2D eigenvalue weighted by atomic mass is 19.1. The van der Waals surface area contributed by atoms with Crippen molar-refractivity contribution in [3.05, 3.63) is 53.8 Å². The Bertz CT molecular complexity index is 1140. The monoisotopic (exact) mass is 543 g/mol. The van der Waals surface area contributed by atoms with E-state index in [0.29, 0.717) is 36.5 Å². The van der Waals surface area contributed by atoms with Crippen molar-refractivity contribution in [2.24, 2.45) is 11.7 Å². The topological polar surface area (TPSA) is 85.1 Å². The second kappa shape index (κ2) is 12.8. The highest BCUT2D eigenvalue weighted by molar-refractivity contribution is 5.82. The molecule has 2 fully saturated rings. The number of likely N-dealkylation sites (tertiary alicyclic amines) is 2. The second-order valence-corrected chi connectivity index (χ2v) is 10.8. The molecule has 0 saturated carbocycles. The Balaban J connectivity index is 1.51. The van der Waals surface area contributed by atoms with E-state index >= 15 is 4.39 Å². The number of halogens is 2. The molecule has 2 aromatic rings. The molecule has 39 heavy (non-hydrogen) atoms. The normalized spacial score (nSPS) is 19.7. The number of alkyl halides is 1. The van der Waals surface area contributed by atoms with Gasteiger partial charge >= 0.3 is 6.09 Å². The van der Waals surface area contributed by atoms with Crippen LogP contribution in [0.25, 0.3) is 11.1 Å². The Kier molecular flexibility index (Phi) is 9.43. The molecular weight excluding hydrogens is 504 g/mol. The van der Waals surface area contributed by atoms with Crippen molar-refractivity contribution < 1.29 is 27.8 Å². The van der Waals surface area contributed by atoms with Gasteiger partial charge in [0.2, 0.25) is 5.91 Å². The first-order valence-corrected chi connectivity index (χ1v) is 13.8. The van der Waals surface area contributed by atoms with E-state index in [9.17, 15) is 14.0 Å². The van der Waals surface area contributed by atoms with Gasteiger partial charge in [-0.3, -0.25) is 4.79 Å². The molecule has 2 aliphatic rings. The van der Waals surface area contributed by atoms with Gasteiger partial charge in [-0.25, -0.2) is 13.6 Å². The standard InChI is InChI=1S/C30H39F2N3O4/c1-19(2)38-30(37)34-14-11-21(12-15-34)20(3)39-27-10-9-24(22-7-5-4-6-8-22)28(32)25(27)17-26(33)29(36)35-16-13-23(31)18-35/h4-10,19-21,23,26H,11-18,33H2,1-3H3/t20-,23-,26-/m0/s1. The minimum absolute atomic E-state index is 0.0167. The number of rotatable bonds is 8. The van der Waals surface area contributed by atoms with Gasteiger partial charge in [0.1, 0.15) is 17.7 Å². The van der Waals surface area contributed by atoms with Crippen LogP contribution in [-0.2, 0) is 16.0 Å². The van der Waals surface area contributed by atoms with Gasteiger partial charge in [-0.1, -0.05) is 30.3 Å². The van der Waals surface area contributed by atoms with Crippen molar-refractivity contribution in [1.29, 1.82) is 0 Å². The van der Waals surface area contributed by atoms with Gasteiger partial charge < -0.3 is 25.0 Å². The molecule has 0 aliphatic carbocycles. The van der Waals surface area contributed by atoms with E-state index in [-0.39, 0.29) is 55.1 Å². The van der Waals surface area contributed by atoms with E-state index in [2.05, 4.69) is 0 Å². The molecule has 2 heterocycles. The SMILES string of the molecule is CC(C)OC(=O)N1CCC([C@H](C)Oc2ccc(-c3ccccc3)c(F)c2C[C@H](N)C(=O)N2CC[C@H](F)C2)CC1. The molecule has 3 atom stereocenters. The molecule has 2 aromatic carbocycles. The molecule has 9 heteroatoms. The molecule has 7 nitrogen and oxygen atoms in total. The Morgan fingerprint density at radius 1 is 1.00 bits per heavy atom. The van der Waals surface area contributed by atoms with E-state index in [0.717, 1.165) is 12.8 Å². The third kappa shape index (κ3) is 7.06. The fourth-order valence-electron chi connectivity index (χ4n) is 5.33. The summed E-state index contributed by atoms with van der Waals surface area (Å²) in [5.74, 6) is -0.377. The zero-order valence-corrected chi connectivity index (χ0v) is 22.9. The number of amides is 2. The third-order valence-corrected chi connectivity index (χ3v) is 7.58. The first kappa shape index (κ1) is 28.8. The number of benzene rings is 2. The van der Waals surface area contributed by atoms with Crippen molar-refractivity contribution in [2.45, 2.75) is 70.9 Å². The molecule has 2 saturated heterocycles. The Morgan fingerprint density at radius 3 is 2.28 bits per heavy atom. The summed E-state index contributed by atoms with van der Waals surface area (Å²) in [5, 5.41) is 0. The van der Waals surface area contributed by atoms with Gasteiger partial charge in [0.25, 0.3) is 0 Å². The van der Waals surface area contributed by atoms with Crippen LogP contribution in [0.1, 0.15) is 45.6 Å². The lowest BCUT2D eigenvalue weighted by Gasteiger charge is -2.35. The summed E-state index contributed by atoms with van der Waals surface area (Å²) in [5.41, 5.74) is 7.60. The molecule has 2 aliphatic heterocycles. The minimum Gasteiger partial charge on any atom is -0.490 e. The van der Waals surface area contributed by atoms with E-state index in [4.69, 9.17) is 15.2 Å². The molecular formula is C30H39F2N3O4. The third-order valence-electron chi connectivity index (χ3n) is 7.58. The molecule has 212 valence electrons. The molecule has 0 aromatic heterocycles. The molecule has 0 unspecified atom stereocenters. The average molecular weight is 544 g/mol. The van der Waals surface area contributed by atoms with Crippen LogP contribution in [0.2, 0.25) is 0 Å². The predicted molar refractivity (Wildman–Crippen MR) is 146 cm³/mol. The first-order chi connectivity index (χ1) is 18.6. The summed E-state index contributed by atoms with van der Waals surface area (Å²) in [6.07, 6.45) is -0.127. The number of piperidine rings is 1. The number of hydrogen-bond acceptors (Lipinski definition) is 5. The molecule has 0 spiro atoms. The van der Waals surface area contributed by atoms with Crippen LogP contribution in [0.5, 0.6) is 5.75 Å². The van der Waals surface area contributed by atoms with E-state index in [1.54, 1.807) is 17.0 Å². The molecule has 2 N–H and O–H groups in total. The highest BCUT2D eigenvalue weighted by Gasteiger charge is 2.32. The van der Waals surface area contributed by atoms with Gasteiger partial charge in [-0.15, -0.1) is 0 Å². The van der Waals surface area contributed by atoms with Crippen LogP contribution in [-0.4, -0.2) is 72.4 Å². The van der Waals surface area contributed by atoms with Crippen LogP contribution >= 0.6 is 0 Å². The number of hydrogen-bond donors (Lipinski definition) is 1. The molecule has 0 bridgehead atoms. The summed E-state index contributed by atoms with van der Waals surface area (Å²) >= 11 is 0. The highest BCUT2D eigenvalue weighted by Crippen LogP contribution is 2.34. The van der Waals surface area contributed by atoms with Crippen LogP contribution in [0.3, 0.4) is 0 Å². The summed E-state index contributed by atoms with van der Waals surface area (Å²) in [4.78, 5) is 28.3. The van der Waals surface area contributed by atoms with Crippen LogP contribution < -0.4 is 10.5 Å². The van der Waals surface area contributed by atoms with E-state index in [1.807, 2.05) is 51.1 Å². The maximum atomic E-state index is 16.0. The Labute approximate surface area is 229 Å². The van der Waals surface area contributed by atoms with Crippen molar-refractivity contribution in [3.63, 3.8) is 0 Å². The Hall–Kier alpha value is -3.20. The molecule has 2 amide bonds. The van der Waals surface area contributed by atoms with Crippen LogP contribution in [0, 0.1) is 11.7 Å². The van der Waals surface area contributed by atoms with Crippen molar-refractivity contribution >= 4 is 12.0 Å². The number of carbonyl (C=O) groups is 2. The lowest BCUT2D eigenvalue weighted by atomic mass is 9.92. The average Bonchev–Trinajstić information content (AvgIpc) is 3.36.